The highest BCUT2D eigenvalue weighted by molar-refractivity contribution is 6.46. The van der Waals surface area contributed by atoms with Gasteiger partial charge in [-0.1, -0.05) is 32.9 Å². The Labute approximate surface area is 121 Å². The lowest BCUT2D eigenvalue weighted by atomic mass is 9.85. The molecule has 0 aromatic heterocycles. The van der Waals surface area contributed by atoms with Crippen LogP contribution in [0.25, 0.3) is 0 Å². The van der Waals surface area contributed by atoms with E-state index in [1.165, 1.54) is 0 Å². The van der Waals surface area contributed by atoms with Crippen molar-refractivity contribution in [3.63, 3.8) is 0 Å². The van der Waals surface area contributed by atoms with E-state index in [2.05, 4.69) is 4.99 Å². The van der Waals surface area contributed by atoms with Crippen LogP contribution in [-0.2, 0) is 16.8 Å². The molecule has 0 atom stereocenters. The number of halogens is 3. The number of fused-ring (bicyclic) bond motifs is 1. The summed E-state index contributed by atoms with van der Waals surface area (Å²) in [6.07, 6.45) is -4.43. The Kier molecular flexibility index (Phi) is 3.82. The van der Waals surface area contributed by atoms with Crippen LogP contribution in [0.5, 0.6) is 0 Å². The first-order valence-electron chi connectivity index (χ1n) is 6.61. The minimum atomic E-state index is -4.43. The number of aliphatic imine (C=N–C) groups is 1. The number of nitrogens with zero attached hydrogens (tertiary/aromatic N) is 1. The third-order valence-electron chi connectivity index (χ3n) is 3.30. The van der Waals surface area contributed by atoms with Crippen molar-refractivity contribution in [2.75, 3.05) is 6.54 Å². The van der Waals surface area contributed by atoms with Gasteiger partial charge in [-0.2, -0.15) is 13.2 Å². The smallest absolute Gasteiger partial charge is 0.342 e. The molecular formula is C15H17F3N2O. The van der Waals surface area contributed by atoms with E-state index in [1.54, 1.807) is 0 Å². The number of rotatable bonds is 2. The molecule has 1 aromatic rings. The summed E-state index contributed by atoms with van der Waals surface area (Å²) < 4.78 is 36.5. The van der Waals surface area contributed by atoms with Gasteiger partial charge < -0.3 is 5.32 Å². The molecule has 1 aromatic carbocycles. The summed E-state index contributed by atoms with van der Waals surface area (Å²) in [5.41, 5.74) is 2.48. The van der Waals surface area contributed by atoms with Crippen LogP contribution in [0.4, 0.5) is 13.2 Å². The van der Waals surface area contributed by atoms with Crippen molar-refractivity contribution in [1.29, 1.82) is 0 Å². The monoisotopic (exact) mass is 298 g/mol. The summed E-state index contributed by atoms with van der Waals surface area (Å²) in [6, 6.07) is 5.68. The lowest BCUT2D eigenvalue weighted by molar-refractivity contribution is -0.134. The van der Waals surface area contributed by atoms with Crippen molar-refractivity contribution < 1.29 is 18.0 Å². The van der Waals surface area contributed by atoms with Crippen LogP contribution in [0.15, 0.2) is 23.2 Å². The maximum atomic E-state index is 12.2. The Hall–Kier alpha value is -1.85. The molecule has 0 radical (unpaired) electrons. The Balaban J connectivity index is 2.22. The van der Waals surface area contributed by atoms with E-state index in [-0.39, 0.29) is 11.1 Å². The van der Waals surface area contributed by atoms with Crippen LogP contribution in [-0.4, -0.2) is 24.3 Å². The summed E-state index contributed by atoms with van der Waals surface area (Å²) in [5.74, 6) is -0.780. The molecule has 1 heterocycles. The first kappa shape index (κ1) is 15.5. The molecule has 21 heavy (non-hydrogen) atoms. The molecule has 0 bridgehead atoms. The summed E-state index contributed by atoms with van der Waals surface area (Å²) in [7, 11) is 0. The second-order valence-electron chi connectivity index (χ2n) is 6.08. The van der Waals surface area contributed by atoms with Gasteiger partial charge in [-0.05, 0) is 22.6 Å². The number of benzene rings is 1. The van der Waals surface area contributed by atoms with Crippen molar-refractivity contribution >= 4 is 11.6 Å². The fourth-order valence-corrected chi connectivity index (χ4v) is 2.11. The molecule has 6 heteroatoms. The van der Waals surface area contributed by atoms with Crippen molar-refractivity contribution in [2.24, 2.45) is 4.99 Å². The van der Waals surface area contributed by atoms with Gasteiger partial charge in [0.15, 0.2) is 0 Å². The van der Waals surface area contributed by atoms with E-state index in [0.29, 0.717) is 12.1 Å². The van der Waals surface area contributed by atoms with Crippen molar-refractivity contribution in [3.05, 3.63) is 34.9 Å². The van der Waals surface area contributed by atoms with E-state index < -0.39 is 18.6 Å². The highest BCUT2D eigenvalue weighted by Gasteiger charge is 2.30. The number of nitrogens with one attached hydrogen (secondary N) is 1. The van der Waals surface area contributed by atoms with E-state index in [4.69, 9.17) is 0 Å². The first-order chi connectivity index (χ1) is 9.58. The predicted molar refractivity (Wildman–Crippen MR) is 74.4 cm³/mol. The number of amides is 1. The lowest BCUT2D eigenvalue weighted by Gasteiger charge is -2.20. The molecule has 1 aliphatic rings. The predicted octanol–water partition coefficient (Wildman–Crippen LogP) is 2.97. The standard InChI is InChI=1S/C15H17F3N2O/c1-14(2,3)10-5-4-9-7-19-12(11(9)6-10)13(21)20-8-15(16,17)18/h4-6H,7-8H2,1-3H3,(H,20,21). The molecule has 0 saturated heterocycles. The molecule has 0 aliphatic carbocycles. The number of carbonyl (C=O) groups excluding carboxylic acids is 1. The lowest BCUT2D eigenvalue weighted by Crippen LogP contribution is -2.38. The Morgan fingerprint density at radius 2 is 1.95 bits per heavy atom. The van der Waals surface area contributed by atoms with Gasteiger partial charge in [-0.15, -0.1) is 0 Å². The van der Waals surface area contributed by atoms with E-state index in [9.17, 15) is 18.0 Å². The Morgan fingerprint density at radius 1 is 1.29 bits per heavy atom. The van der Waals surface area contributed by atoms with Crippen LogP contribution >= 0.6 is 0 Å². The number of hydrogen-bond acceptors (Lipinski definition) is 2. The first-order valence-corrected chi connectivity index (χ1v) is 6.61. The van der Waals surface area contributed by atoms with Crippen molar-refractivity contribution in [3.8, 4) is 0 Å². The second kappa shape index (κ2) is 5.16. The van der Waals surface area contributed by atoms with Gasteiger partial charge in [0.1, 0.15) is 12.3 Å². The summed E-state index contributed by atoms with van der Waals surface area (Å²) in [4.78, 5) is 15.9. The number of hydrogen-bond donors (Lipinski definition) is 1. The Bertz CT molecular complexity index is 598. The fraction of sp³-hybridized carbons (Fsp3) is 0.467. The maximum absolute atomic E-state index is 12.2. The quantitative estimate of drug-likeness (QED) is 0.896. The van der Waals surface area contributed by atoms with E-state index in [0.717, 1.165) is 11.1 Å². The summed E-state index contributed by atoms with van der Waals surface area (Å²) >= 11 is 0. The average Bonchev–Trinajstić information content (AvgIpc) is 2.76. The number of alkyl halides is 3. The summed E-state index contributed by atoms with van der Waals surface area (Å²) in [5, 5.41) is 1.87. The number of carbonyl (C=O) groups is 1. The molecule has 0 fully saturated rings. The van der Waals surface area contributed by atoms with Crippen LogP contribution in [0.2, 0.25) is 0 Å². The third-order valence-corrected chi connectivity index (χ3v) is 3.30. The van der Waals surface area contributed by atoms with Crippen LogP contribution in [0.3, 0.4) is 0 Å². The Morgan fingerprint density at radius 3 is 2.52 bits per heavy atom. The normalized spacial score (nSPS) is 14.7. The minimum absolute atomic E-state index is 0.0837. The van der Waals surface area contributed by atoms with Crippen molar-refractivity contribution in [2.45, 2.75) is 38.9 Å². The SMILES string of the molecule is CC(C)(C)c1ccc2c(c1)C(C(=O)NCC(F)(F)F)=NC2. The molecule has 0 unspecified atom stereocenters. The topological polar surface area (TPSA) is 41.5 Å². The third kappa shape index (κ3) is 3.62. The maximum Gasteiger partial charge on any atom is 0.405 e. The zero-order valence-electron chi connectivity index (χ0n) is 12.1. The zero-order chi connectivity index (χ0) is 15.8. The van der Waals surface area contributed by atoms with Gasteiger partial charge in [0.05, 0.1) is 6.54 Å². The zero-order valence-corrected chi connectivity index (χ0v) is 12.1. The molecular weight excluding hydrogens is 281 g/mol. The largest absolute Gasteiger partial charge is 0.405 e. The van der Waals surface area contributed by atoms with Crippen LogP contribution < -0.4 is 5.32 Å². The highest BCUT2D eigenvalue weighted by atomic mass is 19.4. The van der Waals surface area contributed by atoms with Gasteiger partial charge in [-0.25, -0.2) is 0 Å². The van der Waals surface area contributed by atoms with E-state index >= 15 is 0 Å². The molecule has 0 spiro atoms. The van der Waals surface area contributed by atoms with Gasteiger partial charge in [0, 0.05) is 5.56 Å². The molecule has 3 nitrogen and oxygen atoms in total. The van der Waals surface area contributed by atoms with Gasteiger partial charge >= 0.3 is 6.18 Å². The van der Waals surface area contributed by atoms with Gasteiger partial charge in [-0.3, -0.25) is 9.79 Å². The van der Waals surface area contributed by atoms with Crippen molar-refractivity contribution in [1.82, 2.24) is 5.32 Å². The van der Waals surface area contributed by atoms with Gasteiger partial charge in [0.2, 0.25) is 0 Å². The molecule has 1 amide bonds. The highest BCUT2D eigenvalue weighted by Crippen LogP contribution is 2.28. The van der Waals surface area contributed by atoms with E-state index in [1.807, 2.05) is 44.3 Å². The second-order valence-corrected chi connectivity index (χ2v) is 6.08. The minimum Gasteiger partial charge on any atom is -0.342 e. The molecule has 0 saturated carbocycles. The molecule has 1 aliphatic heterocycles. The molecule has 1 N–H and O–H groups in total. The van der Waals surface area contributed by atoms with Gasteiger partial charge in [0.25, 0.3) is 5.91 Å². The van der Waals surface area contributed by atoms with Crippen LogP contribution in [0.1, 0.15) is 37.5 Å². The summed E-state index contributed by atoms with van der Waals surface area (Å²) in [6.45, 7) is 5.08. The molecule has 2 rings (SSSR count). The fourth-order valence-electron chi connectivity index (χ4n) is 2.11. The average molecular weight is 298 g/mol. The molecule has 114 valence electrons. The van der Waals surface area contributed by atoms with Crippen LogP contribution in [0, 0.1) is 0 Å².